The molecule has 4 aromatic carbocycles. The molecule has 4 aromatic rings. The number of ether oxygens (including phenoxy) is 1. The van der Waals surface area contributed by atoms with Gasteiger partial charge in [-0.3, -0.25) is 0 Å². The summed E-state index contributed by atoms with van der Waals surface area (Å²) in [6.45, 7) is 5.56. The summed E-state index contributed by atoms with van der Waals surface area (Å²) in [5.74, 6) is -0.691. The molecule has 35 heavy (non-hydrogen) atoms. The molecule has 0 saturated carbocycles. The van der Waals surface area contributed by atoms with E-state index in [-0.39, 0.29) is 19.0 Å². The fourth-order valence-corrected chi connectivity index (χ4v) is 4.21. The number of hydrogen-bond acceptors (Lipinski definition) is 3. The Morgan fingerprint density at radius 3 is 2.31 bits per heavy atom. The number of aryl methyl sites for hydroxylation is 1. The van der Waals surface area contributed by atoms with E-state index in [4.69, 9.17) is 4.74 Å². The monoisotopic (exact) mass is 468 g/mol. The van der Waals surface area contributed by atoms with Gasteiger partial charge in [-0.15, -0.1) is 0 Å². The van der Waals surface area contributed by atoms with Crippen LogP contribution in [-0.4, -0.2) is 24.3 Å². The van der Waals surface area contributed by atoms with Crippen molar-refractivity contribution in [2.75, 3.05) is 13.2 Å². The van der Waals surface area contributed by atoms with Gasteiger partial charge in [-0.2, -0.15) is 0 Å². The maximum Gasteiger partial charge on any atom is 0.333 e. The van der Waals surface area contributed by atoms with E-state index in [0.29, 0.717) is 24.0 Å². The highest BCUT2D eigenvalue weighted by Crippen LogP contribution is 2.31. The zero-order valence-electron chi connectivity index (χ0n) is 19.9. The lowest BCUT2D eigenvalue weighted by atomic mass is 9.93. The van der Waals surface area contributed by atoms with Gasteiger partial charge in [0.25, 0.3) is 0 Å². The number of halogens is 1. The molecule has 0 spiro atoms. The summed E-state index contributed by atoms with van der Waals surface area (Å²) in [5.41, 5.74) is 5.54. The lowest BCUT2D eigenvalue weighted by molar-refractivity contribution is -0.138. The predicted molar refractivity (Wildman–Crippen MR) is 140 cm³/mol. The van der Waals surface area contributed by atoms with Crippen molar-refractivity contribution >= 4 is 16.7 Å². The molecule has 0 amide bonds. The Kier molecular flexibility index (Phi) is 7.74. The fourth-order valence-electron chi connectivity index (χ4n) is 4.21. The summed E-state index contributed by atoms with van der Waals surface area (Å²) < 4.78 is 20.5. The molecule has 0 fully saturated rings. The first kappa shape index (κ1) is 24.4. The Morgan fingerprint density at radius 2 is 1.57 bits per heavy atom. The molecule has 0 radical (unpaired) electrons. The summed E-state index contributed by atoms with van der Waals surface area (Å²) in [5, 5.41) is 11.4. The van der Waals surface area contributed by atoms with Gasteiger partial charge in [-0.05, 0) is 70.5 Å². The van der Waals surface area contributed by atoms with Crippen molar-refractivity contribution in [1.82, 2.24) is 0 Å². The average Bonchev–Trinajstić information content (AvgIpc) is 2.87. The van der Waals surface area contributed by atoms with Crippen LogP contribution in [0.5, 0.6) is 0 Å². The lowest BCUT2D eigenvalue weighted by Crippen LogP contribution is -2.09. The summed E-state index contributed by atoms with van der Waals surface area (Å²) in [6.07, 6.45) is 1.90. The molecule has 4 heteroatoms. The van der Waals surface area contributed by atoms with Gasteiger partial charge in [-0.1, -0.05) is 73.3 Å². The minimum atomic E-state index is -0.413. The molecule has 0 aromatic heterocycles. The highest BCUT2D eigenvalue weighted by atomic mass is 19.1. The van der Waals surface area contributed by atoms with Crippen molar-refractivity contribution < 1.29 is 19.0 Å². The Labute approximate surface area is 205 Å². The van der Waals surface area contributed by atoms with Crippen LogP contribution in [-0.2, 0) is 22.4 Å². The van der Waals surface area contributed by atoms with E-state index in [2.05, 4.69) is 6.58 Å². The number of carbonyl (C=O) groups is 1. The second-order valence-corrected chi connectivity index (χ2v) is 8.73. The normalized spacial score (nSPS) is 10.9. The minimum absolute atomic E-state index is 0.104. The molecule has 0 aliphatic carbocycles. The Bertz CT molecular complexity index is 1370. The zero-order chi connectivity index (χ0) is 24.8. The quantitative estimate of drug-likeness (QED) is 0.215. The van der Waals surface area contributed by atoms with Gasteiger partial charge in [-0.25, -0.2) is 9.18 Å². The van der Waals surface area contributed by atoms with Crippen LogP contribution in [0.1, 0.15) is 24.5 Å². The lowest BCUT2D eigenvalue weighted by Gasteiger charge is -2.13. The summed E-state index contributed by atoms with van der Waals surface area (Å²) in [6, 6.07) is 25.3. The van der Waals surface area contributed by atoms with Crippen LogP contribution in [0.15, 0.2) is 91.0 Å². The topological polar surface area (TPSA) is 46.5 Å². The van der Waals surface area contributed by atoms with E-state index in [9.17, 15) is 9.90 Å². The highest BCUT2D eigenvalue weighted by molar-refractivity contribution is 5.88. The van der Waals surface area contributed by atoms with Crippen LogP contribution in [0, 0.1) is 5.82 Å². The Hall–Kier alpha value is -3.76. The molecule has 0 atom stereocenters. The molecule has 3 nitrogen and oxygen atoms in total. The molecule has 1 N–H and O–H groups in total. The maximum absolute atomic E-state index is 15.2. The summed E-state index contributed by atoms with van der Waals surface area (Å²) in [7, 11) is 0. The molecule has 178 valence electrons. The Balaban J connectivity index is 1.61. The number of carbonyl (C=O) groups excluding carboxylic acids is 1. The number of aliphatic hydroxyl groups excluding tert-OH is 1. The van der Waals surface area contributed by atoms with Gasteiger partial charge < -0.3 is 9.84 Å². The largest absolute Gasteiger partial charge is 0.462 e. The number of aliphatic hydroxyl groups is 1. The molecule has 0 heterocycles. The van der Waals surface area contributed by atoms with E-state index in [1.165, 1.54) is 0 Å². The second-order valence-electron chi connectivity index (χ2n) is 8.73. The molecule has 0 aliphatic heterocycles. The van der Waals surface area contributed by atoms with E-state index in [1.807, 2.05) is 72.8 Å². The zero-order valence-corrected chi connectivity index (χ0v) is 19.9. The van der Waals surface area contributed by atoms with Crippen LogP contribution < -0.4 is 0 Å². The van der Waals surface area contributed by atoms with Crippen molar-refractivity contribution in [3.05, 3.63) is 108 Å². The van der Waals surface area contributed by atoms with Gasteiger partial charge in [0.15, 0.2) is 0 Å². The van der Waals surface area contributed by atoms with Crippen molar-refractivity contribution in [3.63, 3.8) is 0 Å². The first-order valence-corrected chi connectivity index (χ1v) is 11.8. The highest BCUT2D eigenvalue weighted by Gasteiger charge is 2.11. The van der Waals surface area contributed by atoms with Crippen LogP contribution in [0.2, 0.25) is 0 Å². The number of fused-ring (bicyclic) bond motifs is 1. The van der Waals surface area contributed by atoms with Gasteiger partial charge in [0.05, 0.1) is 6.61 Å². The molecule has 0 aliphatic rings. The van der Waals surface area contributed by atoms with Gasteiger partial charge in [0.1, 0.15) is 5.82 Å². The predicted octanol–water partition coefficient (Wildman–Crippen LogP) is 6.90. The SMILES string of the molecule is C=C(C)C(=O)OCCc1cc(-c2ccc(-c3ccc4ccccc4c3)c(F)c2)ccc1CCCO. The standard InChI is InChI=1S/C31H29FO3/c1-21(2)31(34)35-17-15-27-18-25(11-9-23(27)8-5-16-33)26-13-14-29(30(32)20-26)28-12-10-22-6-3-4-7-24(22)19-28/h3-4,6-7,9-14,18-20,33H,1,5,8,15-17H2,2H3. The third kappa shape index (κ3) is 5.84. The number of hydrogen-bond donors (Lipinski definition) is 1. The number of benzene rings is 4. The summed E-state index contributed by atoms with van der Waals surface area (Å²) >= 11 is 0. The molecule has 0 saturated heterocycles. The van der Waals surface area contributed by atoms with Crippen molar-refractivity contribution in [1.29, 1.82) is 0 Å². The molecule has 0 unspecified atom stereocenters. The summed E-state index contributed by atoms with van der Waals surface area (Å²) in [4.78, 5) is 11.7. The van der Waals surface area contributed by atoms with Crippen LogP contribution in [0.3, 0.4) is 0 Å². The van der Waals surface area contributed by atoms with Gasteiger partial charge >= 0.3 is 5.97 Å². The van der Waals surface area contributed by atoms with E-state index >= 15 is 4.39 Å². The smallest absolute Gasteiger partial charge is 0.333 e. The van der Waals surface area contributed by atoms with Crippen molar-refractivity contribution in [2.24, 2.45) is 0 Å². The van der Waals surface area contributed by atoms with Crippen LogP contribution in [0.4, 0.5) is 4.39 Å². The third-order valence-corrected chi connectivity index (χ3v) is 6.13. The molecular formula is C31H29FO3. The molecule has 0 bridgehead atoms. The maximum atomic E-state index is 15.2. The number of rotatable bonds is 9. The van der Waals surface area contributed by atoms with Crippen LogP contribution >= 0.6 is 0 Å². The first-order chi connectivity index (χ1) is 17.0. The fraction of sp³-hybridized carbons (Fsp3) is 0.194. The van der Waals surface area contributed by atoms with Crippen molar-refractivity contribution in [3.8, 4) is 22.3 Å². The van der Waals surface area contributed by atoms with Crippen LogP contribution in [0.25, 0.3) is 33.0 Å². The van der Waals surface area contributed by atoms with Gasteiger partial charge in [0, 0.05) is 24.2 Å². The Morgan fingerprint density at radius 1 is 0.857 bits per heavy atom. The molecule has 4 rings (SSSR count). The minimum Gasteiger partial charge on any atom is -0.462 e. The second kappa shape index (κ2) is 11.1. The van der Waals surface area contributed by atoms with E-state index < -0.39 is 5.97 Å². The van der Waals surface area contributed by atoms with E-state index in [0.717, 1.165) is 45.0 Å². The third-order valence-electron chi connectivity index (χ3n) is 6.13. The van der Waals surface area contributed by atoms with Crippen molar-refractivity contribution in [2.45, 2.75) is 26.2 Å². The van der Waals surface area contributed by atoms with E-state index in [1.54, 1.807) is 13.0 Å². The number of esters is 1. The average molecular weight is 469 g/mol. The molecular weight excluding hydrogens is 439 g/mol. The first-order valence-electron chi connectivity index (χ1n) is 11.8. The van der Waals surface area contributed by atoms with Gasteiger partial charge in [0.2, 0.25) is 0 Å².